The van der Waals surface area contributed by atoms with Crippen LogP contribution in [-0.4, -0.2) is 29.1 Å². The molecule has 18 heavy (non-hydrogen) atoms. The first-order valence-electron chi connectivity index (χ1n) is 6.01. The highest BCUT2D eigenvalue weighted by atomic mass is 16.6. The Hall–Kier alpha value is -1.53. The standard InChI is InChI=1S/C12H17N3O3/c1-8-5-14-11(9(2)12(8)15(16)17)7-18-10-3-4-13-6-10/h5,10,13H,3-4,6-7H2,1-2H3. The SMILES string of the molecule is Cc1cnc(COC2CCNC2)c(C)c1[N+](=O)[O-]. The number of ether oxygens (including phenoxy) is 1. The van der Waals surface area contributed by atoms with Crippen molar-refractivity contribution >= 4 is 5.69 Å². The molecule has 1 aromatic heterocycles. The summed E-state index contributed by atoms with van der Waals surface area (Å²) in [6, 6.07) is 0. The second-order valence-corrected chi connectivity index (χ2v) is 4.54. The van der Waals surface area contributed by atoms with E-state index >= 15 is 0 Å². The van der Waals surface area contributed by atoms with Crippen LogP contribution in [0.15, 0.2) is 6.20 Å². The molecule has 0 radical (unpaired) electrons. The molecule has 1 unspecified atom stereocenters. The molecule has 0 aromatic carbocycles. The third kappa shape index (κ3) is 2.65. The van der Waals surface area contributed by atoms with Gasteiger partial charge in [-0.2, -0.15) is 0 Å². The van der Waals surface area contributed by atoms with Crippen LogP contribution in [0.3, 0.4) is 0 Å². The molecule has 1 saturated heterocycles. The molecule has 1 N–H and O–H groups in total. The van der Waals surface area contributed by atoms with E-state index < -0.39 is 0 Å². The zero-order valence-corrected chi connectivity index (χ0v) is 10.6. The molecule has 6 nitrogen and oxygen atoms in total. The molecule has 1 aromatic rings. The van der Waals surface area contributed by atoms with Gasteiger partial charge in [0.25, 0.3) is 5.69 Å². The maximum atomic E-state index is 11.0. The number of hydrogen-bond acceptors (Lipinski definition) is 5. The van der Waals surface area contributed by atoms with E-state index in [1.54, 1.807) is 13.8 Å². The third-order valence-electron chi connectivity index (χ3n) is 3.23. The van der Waals surface area contributed by atoms with Crippen molar-refractivity contribution in [1.82, 2.24) is 10.3 Å². The maximum Gasteiger partial charge on any atom is 0.278 e. The van der Waals surface area contributed by atoms with Gasteiger partial charge in [0, 0.05) is 18.3 Å². The fourth-order valence-corrected chi connectivity index (χ4v) is 2.16. The number of nitrogens with one attached hydrogen (secondary N) is 1. The molecule has 1 aliphatic rings. The van der Waals surface area contributed by atoms with Crippen LogP contribution < -0.4 is 5.32 Å². The van der Waals surface area contributed by atoms with Crippen molar-refractivity contribution in [1.29, 1.82) is 0 Å². The number of pyridine rings is 1. The lowest BCUT2D eigenvalue weighted by molar-refractivity contribution is -0.386. The van der Waals surface area contributed by atoms with Gasteiger partial charge in [-0.25, -0.2) is 0 Å². The Kier molecular flexibility index (Phi) is 3.88. The summed E-state index contributed by atoms with van der Waals surface area (Å²) in [7, 11) is 0. The van der Waals surface area contributed by atoms with Gasteiger partial charge in [0.2, 0.25) is 0 Å². The quantitative estimate of drug-likeness (QED) is 0.648. The van der Waals surface area contributed by atoms with Crippen LogP contribution in [0.25, 0.3) is 0 Å². The Morgan fingerprint density at radius 2 is 2.39 bits per heavy atom. The van der Waals surface area contributed by atoms with Gasteiger partial charge < -0.3 is 10.1 Å². The average molecular weight is 251 g/mol. The summed E-state index contributed by atoms with van der Waals surface area (Å²) < 4.78 is 5.70. The molecule has 1 aliphatic heterocycles. The summed E-state index contributed by atoms with van der Waals surface area (Å²) in [5.74, 6) is 0. The summed E-state index contributed by atoms with van der Waals surface area (Å²) in [5.41, 5.74) is 1.99. The van der Waals surface area contributed by atoms with Crippen molar-refractivity contribution in [3.05, 3.63) is 33.1 Å². The lowest BCUT2D eigenvalue weighted by Crippen LogP contribution is -2.17. The largest absolute Gasteiger partial charge is 0.371 e. The molecule has 1 atom stereocenters. The minimum Gasteiger partial charge on any atom is -0.371 e. The van der Waals surface area contributed by atoms with Gasteiger partial charge in [0.15, 0.2) is 0 Å². The Balaban J connectivity index is 2.12. The van der Waals surface area contributed by atoms with Crippen LogP contribution in [0.4, 0.5) is 5.69 Å². The van der Waals surface area contributed by atoms with Crippen molar-refractivity contribution in [3.8, 4) is 0 Å². The van der Waals surface area contributed by atoms with Gasteiger partial charge in [-0.05, 0) is 26.8 Å². The molecule has 6 heteroatoms. The monoisotopic (exact) mass is 251 g/mol. The smallest absolute Gasteiger partial charge is 0.278 e. The highest BCUT2D eigenvalue weighted by Crippen LogP contribution is 2.24. The molecule has 2 rings (SSSR count). The maximum absolute atomic E-state index is 11.0. The van der Waals surface area contributed by atoms with Crippen LogP contribution in [0.5, 0.6) is 0 Å². The molecule has 0 bridgehead atoms. The summed E-state index contributed by atoms with van der Waals surface area (Å²) >= 11 is 0. The molecule has 0 aliphatic carbocycles. The zero-order chi connectivity index (χ0) is 13.1. The van der Waals surface area contributed by atoms with Crippen molar-refractivity contribution in [2.45, 2.75) is 33.0 Å². The summed E-state index contributed by atoms with van der Waals surface area (Å²) in [5, 5.41) is 14.2. The van der Waals surface area contributed by atoms with E-state index in [4.69, 9.17) is 4.74 Å². The van der Waals surface area contributed by atoms with Crippen LogP contribution in [0.2, 0.25) is 0 Å². The van der Waals surface area contributed by atoms with Gasteiger partial charge in [0.05, 0.1) is 28.9 Å². The first-order chi connectivity index (χ1) is 8.59. The van der Waals surface area contributed by atoms with Crippen LogP contribution in [0.1, 0.15) is 23.2 Å². The topological polar surface area (TPSA) is 77.3 Å². The molecular weight excluding hydrogens is 234 g/mol. The van der Waals surface area contributed by atoms with Crippen molar-refractivity contribution in [2.75, 3.05) is 13.1 Å². The molecule has 0 spiro atoms. The Labute approximate surface area is 106 Å². The number of aryl methyl sites for hydroxylation is 1. The predicted molar refractivity (Wildman–Crippen MR) is 66.4 cm³/mol. The van der Waals surface area contributed by atoms with Crippen LogP contribution >= 0.6 is 0 Å². The molecule has 0 saturated carbocycles. The Morgan fingerprint density at radius 1 is 1.61 bits per heavy atom. The lowest BCUT2D eigenvalue weighted by Gasteiger charge is -2.12. The van der Waals surface area contributed by atoms with E-state index in [1.807, 2.05) is 0 Å². The minimum absolute atomic E-state index is 0.146. The van der Waals surface area contributed by atoms with Gasteiger partial charge in [0.1, 0.15) is 0 Å². The minimum atomic E-state index is -0.354. The summed E-state index contributed by atoms with van der Waals surface area (Å²) in [6.45, 7) is 5.56. The third-order valence-corrected chi connectivity index (χ3v) is 3.23. The number of hydrogen-bond donors (Lipinski definition) is 1. The first kappa shape index (κ1) is 12.9. The van der Waals surface area contributed by atoms with E-state index in [9.17, 15) is 10.1 Å². The number of aromatic nitrogens is 1. The first-order valence-corrected chi connectivity index (χ1v) is 6.01. The highest BCUT2D eigenvalue weighted by Gasteiger charge is 2.20. The molecule has 98 valence electrons. The highest BCUT2D eigenvalue weighted by molar-refractivity contribution is 5.47. The van der Waals surface area contributed by atoms with E-state index in [0.29, 0.717) is 23.4 Å². The fourth-order valence-electron chi connectivity index (χ4n) is 2.16. The van der Waals surface area contributed by atoms with E-state index in [1.165, 1.54) is 6.20 Å². The van der Waals surface area contributed by atoms with Gasteiger partial charge in [-0.1, -0.05) is 0 Å². The predicted octanol–water partition coefficient (Wildman–Crippen LogP) is 1.49. The average Bonchev–Trinajstić information content (AvgIpc) is 2.80. The Morgan fingerprint density at radius 3 is 3.00 bits per heavy atom. The van der Waals surface area contributed by atoms with Crippen molar-refractivity contribution in [2.24, 2.45) is 0 Å². The second kappa shape index (κ2) is 5.41. The van der Waals surface area contributed by atoms with E-state index in [-0.39, 0.29) is 16.7 Å². The van der Waals surface area contributed by atoms with Crippen molar-refractivity contribution in [3.63, 3.8) is 0 Å². The molecule has 2 heterocycles. The van der Waals surface area contributed by atoms with Crippen LogP contribution in [-0.2, 0) is 11.3 Å². The van der Waals surface area contributed by atoms with Crippen LogP contribution in [0, 0.1) is 24.0 Å². The number of rotatable bonds is 4. The lowest BCUT2D eigenvalue weighted by atomic mass is 10.1. The Bertz CT molecular complexity index is 456. The van der Waals surface area contributed by atoms with Gasteiger partial charge >= 0.3 is 0 Å². The normalized spacial score (nSPS) is 19.1. The molecule has 1 fully saturated rings. The fraction of sp³-hybridized carbons (Fsp3) is 0.583. The van der Waals surface area contributed by atoms with Crippen molar-refractivity contribution < 1.29 is 9.66 Å². The molecular formula is C12H17N3O3. The summed E-state index contributed by atoms with van der Waals surface area (Å²) in [6.07, 6.45) is 2.70. The van der Waals surface area contributed by atoms with Gasteiger partial charge in [-0.3, -0.25) is 15.1 Å². The van der Waals surface area contributed by atoms with E-state index in [2.05, 4.69) is 10.3 Å². The summed E-state index contributed by atoms with van der Waals surface area (Å²) in [4.78, 5) is 14.9. The number of nitrogens with zero attached hydrogens (tertiary/aromatic N) is 2. The van der Waals surface area contributed by atoms with E-state index in [0.717, 1.165) is 19.5 Å². The number of nitro groups is 1. The molecule has 0 amide bonds. The second-order valence-electron chi connectivity index (χ2n) is 4.54. The van der Waals surface area contributed by atoms with Gasteiger partial charge in [-0.15, -0.1) is 0 Å². The zero-order valence-electron chi connectivity index (χ0n) is 10.6.